The van der Waals surface area contributed by atoms with Crippen LogP contribution in [-0.2, 0) is 4.79 Å². The maximum Gasteiger partial charge on any atom is 0.262 e. The van der Waals surface area contributed by atoms with Crippen LogP contribution in [0.1, 0.15) is 29.1 Å². The summed E-state index contributed by atoms with van der Waals surface area (Å²) in [5.41, 5.74) is -0.0993. The third kappa shape index (κ3) is 4.08. The molecule has 1 aromatic rings. The number of hydrogen-bond acceptors (Lipinski definition) is 4. The molecule has 0 saturated carbocycles. The summed E-state index contributed by atoms with van der Waals surface area (Å²) in [5, 5.41) is 15.7. The standard InChI is InChI=1S/C14H18N2O3S/c1-14(2,13(19)15-3)9-16-12(18)11-10(5-4-7-17)6-8-20-11/h6,8,17H,7,9H2,1-3H3,(H,15,19)(H,16,18). The first-order valence-corrected chi connectivity index (χ1v) is 6.98. The highest BCUT2D eigenvalue weighted by Gasteiger charge is 2.27. The quantitative estimate of drug-likeness (QED) is 0.711. The minimum absolute atomic E-state index is 0.135. The summed E-state index contributed by atoms with van der Waals surface area (Å²) in [7, 11) is 1.56. The molecule has 1 aromatic heterocycles. The normalized spacial score (nSPS) is 10.4. The molecule has 3 N–H and O–H groups in total. The molecule has 0 saturated heterocycles. The van der Waals surface area contributed by atoms with Crippen molar-refractivity contribution in [3.8, 4) is 11.8 Å². The topological polar surface area (TPSA) is 78.4 Å². The van der Waals surface area contributed by atoms with E-state index in [0.29, 0.717) is 10.4 Å². The van der Waals surface area contributed by atoms with Gasteiger partial charge in [-0.25, -0.2) is 0 Å². The van der Waals surface area contributed by atoms with E-state index >= 15 is 0 Å². The maximum atomic E-state index is 12.1. The Bertz CT molecular complexity index is 552. The van der Waals surface area contributed by atoms with Crippen LogP contribution >= 0.6 is 11.3 Å². The lowest BCUT2D eigenvalue weighted by molar-refractivity contribution is -0.128. The molecule has 6 heteroatoms. The van der Waals surface area contributed by atoms with E-state index in [0.717, 1.165) is 0 Å². The van der Waals surface area contributed by atoms with Crippen molar-refractivity contribution in [2.45, 2.75) is 13.8 Å². The molecule has 1 heterocycles. The summed E-state index contributed by atoms with van der Waals surface area (Å²) in [5.74, 6) is 4.84. The number of carbonyl (C=O) groups is 2. The number of nitrogens with one attached hydrogen (secondary N) is 2. The van der Waals surface area contributed by atoms with E-state index in [1.54, 1.807) is 32.3 Å². The van der Waals surface area contributed by atoms with Crippen molar-refractivity contribution in [2.75, 3.05) is 20.2 Å². The van der Waals surface area contributed by atoms with E-state index in [9.17, 15) is 9.59 Å². The second-order valence-corrected chi connectivity index (χ2v) is 5.69. The van der Waals surface area contributed by atoms with Crippen LogP contribution in [-0.4, -0.2) is 37.1 Å². The van der Waals surface area contributed by atoms with Gasteiger partial charge in [0.2, 0.25) is 5.91 Å². The van der Waals surface area contributed by atoms with Crippen molar-refractivity contribution in [3.63, 3.8) is 0 Å². The van der Waals surface area contributed by atoms with Gasteiger partial charge in [0.25, 0.3) is 5.91 Å². The average Bonchev–Trinajstić information content (AvgIpc) is 2.89. The Morgan fingerprint density at radius 3 is 2.75 bits per heavy atom. The fraction of sp³-hybridized carbons (Fsp3) is 0.429. The van der Waals surface area contributed by atoms with Crippen molar-refractivity contribution < 1.29 is 14.7 Å². The summed E-state index contributed by atoms with van der Waals surface area (Å²) in [6, 6.07) is 1.73. The van der Waals surface area contributed by atoms with Crippen LogP contribution in [0.25, 0.3) is 0 Å². The van der Waals surface area contributed by atoms with Crippen LogP contribution in [0, 0.1) is 17.3 Å². The van der Waals surface area contributed by atoms with Gasteiger partial charge in [0.15, 0.2) is 0 Å². The third-order valence-corrected chi connectivity index (χ3v) is 3.62. The Morgan fingerprint density at radius 1 is 1.45 bits per heavy atom. The first-order valence-electron chi connectivity index (χ1n) is 6.10. The Hall–Kier alpha value is -1.84. The van der Waals surface area contributed by atoms with E-state index < -0.39 is 5.41 Å². The van der Waals surface area contributed by atoms with Gasteiger partial charge in [0.1, 0.15) is 11.5 Å². The molecule has 0 aliphatic heterocycles. The van der Waals surface area contributed by atoms with Crippen molar-refractivity contribution in [1.29, 1.82) is 0 Å². The molecular formula is C14H18N2O3S. The smallest absolute Gasteiger partial charge is 0.262 e. The number of aliphatic hydroxyl groups is 1. The lowest BCUT2D eigenvalue weighted by atomic mass is 9.92. The molecule has 0 radical (unpaired) electrons. The molecule has 0 aliphatic carbocycles. The second kappa shape index (κ2) is 7.08. The van der Waals surface area contributed by atoms with E-state index in [1.807, 2.05) is 0 Å². The van der Waals surface area contributed by atoms with Crippen molar-refractivity contribution in [1.82, 2.24) is 10.6 Å². The first kappa shape index (κ1) is 16.2. The largest absolute Gasteiger partial charge is 0.384 e. The van der Waals surface area contributed by atoms with Crippen molar-refractivity contribution in [3.05, 3.63) is 21.9 Å². The van der Waals surface area contributed by atoms with Crippen LogP contribution in [0.4, 0.5) is 0 Å². The zero-order valence-corrected chi connectivity index (χ0v) is 12.6. The van der Waals surface area contributed by atoms with Gasteiger partial charge in [-0.1, -0.05) is 11.8 Å². The van der Waals surface area contributed by atoms with Gasteiger partial charge in [0.05, 0.1) is 5.41 Å². The van der Waals surface area contributed by atoms with Crippen LogP contribution in [0.15, 0.2) is 11.4 Å². The van der Waals surface area contributed by atoms with Gasteiger partial charge in [-0.05, 0) is 25.3 Å². The monoisotopic (exact) mass is 294 g/mol. The Kier molecular flexibility index (Phi) is 5.74. The first-order chi connectivity index (χ1) is 9.42. The number of rotatable bonds is 4. The van der Waals surface area contributed by atoms with Gasteiger partial charge >= 0.3 is 0 Å². The van der Waals surface area contributed by atoms with Gasteiger partial charge in [-0.2, -0.15) is 0 Å². The average molecular weight is 294 g/mol. The fourth-order valence-corrected chi connectivity index (χ4v) is 2.28. The summed E-state index contributed by atoms with van der Waals surface area (Å²) in [4.78, 5) is 24.2. The zero-order chi connectivity index (χ0) is 15.2. The summed E-state index contributed by atoms with van der Waals surface area (Å²) in [6.45, 7) is 3.50. The van der Waals surface area contributed by atoms with Gasteiger partial charge in [-0.3, -0.25) is 9.59 Å². The molecule has 2 amide bonds. The molecule has 0 bridgehead atoms. The van der Waals surface area contributed by atoms with E-state index in [2.05, 4.69) is 22.5 Å². The lowest BCUT2D eigenvalue weighted by Gasteiger charge is -2.22. The Balaban J connectivity index is 2.73. The summed E-state index contributed by atoms with van der Waals surface area (Å²) >= 11 is 1.28. The van der Waals surface area contributed by atoms with E-state index in [1.165, 1.54) is 11.3 Å². The highest BCUT2D eigenvalue weighted by atomic mass is 32.1. The second-order valence-electron chi connectivity index (χ2n) is 4.77. The molecular weight excluding hydrogens is 276 g/mol. The number of carbonyl (C=O) groups excluding carboxylic acids is 2. The highest BCUT2D eigenvalue weighted by molar-refractivity contribution is 7.12. The van der Waals surface area contributed by atoms with Crippen molar-refractivity contribution in [2.24, 2.45) is 5.41 Å². The minimum atomic E-state index is -0.682. The highest BCUT2D eigenvalue weighted by Crippen LogP contribution is 2.17. The molecule has 1 rings (SSSR count). The maximum absolute atomic E-state index is 12.1. The minimum Gasteiger partial charge on any atom is -0.384 e. The van der Waals surface area contributed by atoms with Crippen LogP contribution in [0.2, 0.25) is 0 Å². The van der Waals surface area contributed by atoms with Gasteiger partial charge in [-0.15, -0.1) is 11.3 Å². The predicted molar refractivity (Wildman–Crippen MR) is 78.5 cm³/mol. The SMILES string of the molecule is CNC(=O)C(C)(C)CNC(=O)c1sccc1C#CCO. The lowest BCUT2D eigenvalue weighted by Crippen LogP contribution is -2.43. The van der Waals surface area contributed by atoms with E-state index in [-0.39, 0.29) is 25.0 Å². The van der Waals surface area contributed by atoms with Crippen LogP contribution in [0.5, 0.6) is 0 Å². The Morgan fingerprint density at radius 2 is 2.15 bits per heavy atom. The molecule has 108 valence electrons. The number of aliphatic hydroxyl groups excluding tert-OH is 1. The van der Waals surface area contributed by atoms with Gasteiger partial charge in [0, 0.05) is 19.2 Å². The number of amides is 2. The van der Waals surface area contributed by atoms with Gasteiger partial charge < -0.3 is 15.7 Å². The predicted octanol–water partition coefficient (Wildman–Crippen LogP) is 0.594. The third-order valence-electron chi connectivity index (χ3n) is 2.71. The van der Waals surface area contributed by atoms with Crippen molar-refractivity contribution >= 4 is 23.2 Å². The molecule has 0 aliphatic rings. The van der Waals surface area contributed by atoms with Crippen LogP contribution in [0.3, 0.4) is 0 Å². The van der Waals surface area contributed by atoms with E-state index in [4.69, 9.17) is 5.11 Å². The number of hydrogen-bond donors (Lipinski definition) is 3. The molecule has 0 unspecified atom stereocenters. The molecule has 5 nitrogen and oxygen atoms in total. The summed E-state index contributed by atoms with van der Waals surface area (Å²) in [6.07, 6.45) is 0. The molecule has 0 aromatic carbocycles. The number of thiophene rings is 1. The molecule has 0 spiro atoms. The molecule has 20 heavy (non-hydrogen) atoms. The summed E-state index contributed by atoms with van der Waals surface area (Å²) < 4.78 is 0. The van der Waals surface area contributed by atoms with Crippen LogP contribution < -0.4 is 10.6 Å². The fourth-order valence-electron chi connectivity index (χ4n) is 1.52. The molecule has 0 fully saturated rings. The zero-order valence-electron chi connectivity index (χ0n) is 11.7. The molecule has 0 atom stereocenters. The Labute approximate surface area is 122 Å².